The lowest BCUT2D eigenvalue weighted by atomic mass is 10.2. The van der Waals surface area contributed by atoms with Crippen LogP contribution in [-0.4, -0.2) is 23.3 Å². The van der Waals surface area contributed by atoms with Crippen LogP contribution in [0.25, 0.3) is 0 Å². The van der Waals surface area contributed by atoms with Gasteiger partial charge in [0.15, 0.2) is 0 Å². The molecule has 7 heteroatoms. The average Bonchev–Trinajstić information content (AvgIpc) is 2.68. The number of rotatable bonds is 3. The second-order valence-electron chi connectivity index (χ2n) is 3.58. The van der Waals surface area contributed by atoms with E-state index >= 15 is 0 Å². The molecule has 1 aromatic carbocycles. The topological polar surface area (TPSA) is 92.3 Å². The zero-order valence-corrected chi connectivity index (χ0v) is 10.3. The summed E-state index contributed by atoms with van der Waals surface area (Å²) >= 11 is 0.673. The number of carbonyl (C=O) groups is 4. The molecule has 0 atom stereocenters. The number of hydrogen-bond donors (Lipinski definition) is 2. The summed E-state index contributed by atoms with van der Waals surface area (Å²) in [5.74, 6) is -1.10. The molecule has 0 bridgehead atoms. The van der Waals surface area contributed by atoms with E-state index in [4.69, 9.17) is 0 Å². The largest absolute Gasteiger partial charge is 0.322 e. The van der Waals surface area contributed by atoms with Crippen molar-refractivity contribution in [2.75, 3.05) is 5.32 Å². The highest BCUT2D eigenvalue weighted by molar-refractivity contribution is 8.18. The maximum absolute atomic E-state index is 11.6. The molecule has 19 heavy (non-hydrogen) atoms. The highest BCUT2D eigenvalue weighted by Gasteiger charge is 2.25. The summed E-state index contributed by atoms with van der Waals surface area (Å²) in [6, 6.07) is 6.23. The summed E-state index contributed by atoms with van der Waals surface area (Å²) in [5, 5.41) is 4.07. The van der Waals surface area contributed by atoms with E-state index < -0.39 is 17.1 Å². The van der Waals surface area contributed by atoms with Crippen molar-refractivity contribution in [2.45, 2.75) is 0 Å². The standard InChI is InChI=1S/C12H8N2O4S/c15-6-7-1-3-8(4-2-7)13-10(16)5-9-11(17)14-12(18)19-9/h1-6H,(H,13,16)(H,14,17,18). The van der Waals surface area contributed by atoms with Crippen LogP contribution < -0.4 is 10.6 Å². The molecule has 1 aromatic rings. The first-order valence-electron chi connectivity index (χ1n) is 5.19. The van der Waals surface area contributed by atoms with Crippen molar-refractivity contribution in [1.82, 2.24) is 5.32 Å². The number of benzene rings is 1. The molecule has 0 spiro atoms. The Balaban J connectivity index is 2.04. The second-order valence-corrected chi connectivity index (χ2v) is 4.60. The van der Waals surface area contributed by atoms with Gasteiger partial charge in [0.1, 0.15) is 6.29 Å². The van der Waals surface area contributed by atoms with Crippen molar-refractivity contribution < 1.29 is 19.2 Å². The van der Waals surface area contributed by atoms with Crippen LogP contribution in [0.1, 0.15) is 10.4 Å². The molecule has 0 aromatic heterocycles. The molecule has 96 valence electrons. The molecule has 2 N–H and O–H groups in total. The summed E-state index contributed by atoms with van der Waals surface area (Å²) in [6.45, 7) is 0. The third-order valence-electron chi connectivity index (χ3n) is 2.22. The van der Waals surface area contributed by atoms with Gasteiger partial charge < -0.3 is 5.32 Å². The maximum atomic E-state index is 11.6. The number of amides is 3. The van der Waals surface area contributed by atoms with Gasteiger partial charge in [-0.15, -0.1) is 0 Å². The van der Waals surface area contributed by atoms with E-state index in [0.717, 1.165) is 6.08 Å². The van der Waals surface area contributed by atoms with Gasteiger partial charge in [0.2, 0.25) is 5.91 Å². The minimum Gasteiger partial charge on any atom is -0.322 e. The van der Waals surface area contributed by atoms with Crippen LogP contribution in [0, 0.1) is 0 Å². The lowest BCUT2D eigenvalue weighted by molar-refractivity contribution is -0.116. The van der Waals surface area contributed by atoms with Gasteiger partial charge in [-0.2, -0.15) is 0 Å². The minimum absolute atomic E-state index is 0.0482. The van der Waals surface area contributed by atoms with E-state index in [0.29, 0.717) is 29.3 Å². The van der Waals surface area contributed by atoms with Gasteiger partial charge in [-0.25, -0.2) is 0 Å². The summed E-state index contributed by atoms with van der Waals surface area (Å²) in [7, 11) is 0. The van der Waals surface area contributed by atoms with Crippen LogP contribution in [0.15, 0.2) is 35.2 Å². The second kappa shape index (κ2) is 5.49. The van der Waals surface area contributed by atoms with Crippen molar-refractivity contribution in [3.63, 3.8) is 0 Å². The third-order valence-corrected chi connectivity index (χ3v) is 3.03. The fraction of sp³-hybridized carbons (Fsp3) is 0. The van der Waals surface area contributed by atoms with E-state index in [1.54, 1.807) is 24.3 Å². The van der Waals surface area contributed by atoms with Gasteiger partial charge in [-0.05, 0) is 36.0 Å². The Kier molecular flexibility index (Phi) is 3.76. The lowest BCUT2D eigenvalue weighted by Crippen LogP contribution is -2.18. The van der Waals surface area contributed by atoms with E-state index in [-0.39, 0.29) is 4.91 Å². The molecule has 0 radical (unpaired) electrons. The van der Waals surface area contributed by atoms with Crippen molar-refractivity contribution in [2.24, 2.45) is 0 Å². The Bertz CT molecular complexity index is 592. The van der Waals surface area contributed by atoms with Crippen LogP contribution in [-0.2, 0) is 9.59 Å². The van der Waals surface area contributed by atoms with Crippen molar-refractivity contribution in [1.29, 1.82) is 0 Å². The summed E-state index contributed by atoms with van der Waals surface area (Å²) in [6.07, 6.45) is 1.75. The molecule has 3 amide bonds. The number of hydrogen-bond acceptors (Lipinski definition) is 5. The fourth-order valence-electron chi connectivity index (χ4n) is 1.36. The Labute approximate surface area is 112 Å². The van der Waals surface area contributed by atoms with Gasteiger partial charge in [-0.3, -0.25) is 24.5 Å². The minimum atomic E-state index is -0.582. The first-order valence-corrected chi connectivity index (χ1v) is 6.01. The molecule has 0 saturated carbocycles. The van der Waals surface area contributed by atoms with E-state index in [1.165, 1.54) is 0 Å². The fourth-order valence-corrected chi connectivity index (χ4v) is 2.02. The lowest BCUT2D eigenvalue weighted by Gasteiger charge is -2.02. The van der Waals surface area contributed by atoms with Crippen molar-refractivity contribution in [3.05, 3.63) is 40.8 Å². The van der Waals surface area contributed by atoms with Gasteiger partial charge in [0, 0.05) is 17.3 Å². The number of aldehydes is 1. The highest BCUT2D eigenvalue weighted by atomic mass is 32.2. The van der Waals surface area contributed by atoms with Crippen LogP contribution >= 0.6 is 11.8 Å². The van der Waals surface area contributed by atoms with Crippen molar-refractivity contribution >= 4 is 40.8 Å². The number of anilines is 1. The molecule has 2 rings (SSSR count). The highest BCUT2D eigenvalue weighted by Crippen LogP contribution is 2.22. The number of nitrogens with one attached hydrogen (secondary N) is 2. The van der Waals surface area contributed by atoms with E-state index in [9.17, 15) is 19.2 Å². The van der Waals surface area contributed by atoms with Crippen LogP contribution in [0.5, 0.6) is 0 Å². The van der Waals surface area contributed by atoms with E-state index in [1.807, 2.05) is 5.32 Å². The monoisotopic (exact) mass is 276 g/mol. The number of carbonyl (C=O) groups excluding carboxylic acids is 4. The molecule has 1 saturated heterocycles. The van der Waals surface area contributed by atoms with Crippen molar-refractivity contribution in [3.8, 4) is 0 Å². The number of thioether (sulfide) groups is 1. The molecule has 0 unspecified atom stereocenters. The quantitative estimate of drug-likeness (QED) is 0.641. The Hall–Kier alpha value is -2.41. The van der Waals surface area contributed by atoms with Gasteiger partial charge in [-0.1, -0.05) is 0 Å². The predicted molar refractivity (Wildman–Crippen MR) is 69.7 cm³/mol. The maximum Gasteiger partial charge on any atom is 0.290 e. The molecular formula is C12H8N2O4S. The van der Waals surface area contributed by atoms with Gasteiger partial charge in [0.05, 0.1) is 4.91 Å². The SMILES string of the molecule is O=Cc1ccc(NC(=O)C=C2SC(=O)NC2=O)cc1. The molecule has 1 fully saturated rings. The molecule has 0 aliphatic carbocycles. The first-order chi connectivity index (χ1) is 9.08. The normalized spacial score (nSPS) is 16.3. The Morgan fingerprint density at radius 3 is 2.42 bits per heavy atom. The summed E-state index contributed by atoms with van der Waals surface area (Å²) in [5.41, 5.74) is 0.981. The molecule has 6 nitrogen and oxygen atoms in total. The zero-order valence-electron chi connectivity index (χ0n) is 9.51. The van der Waals surface area contributed by atoms with Gasteiger partial charge in [0.25, 0.3) is 11.1 Å². The molecule has 1 aliphatic heterocycles. The van der Waals surface area contributed by atoms with Crippen LogP contribution in [0.3, 0.4) is 0 Å². The zero-order chi connectivity index (χ0) is 13.8. The Morgan fingerprint density at radius 2 is 1.89 bits per heavy atom. The van der Waals surface area contributed by atoms with Crippen LogP contribution in [0.4, 0.5) is 10.5 Å². The first kappa shape index (κ1) is 13.0. The number of imide groups is 1. The summed E-state index contributed by atoms with van der Waals surface area (Å²) < 4.78 is 0. The molecule has 1 heterocycles. The molecule has 1 aliphatic rings. The predicted octanol–water partition coefficient (Wildman–Crippen LogP) is 1.30. The smallest absolute Gasteiger partial charge is 0.290 e. The molecular weight excluding hydrogens is 268 g/mol. The van der Waals surface area contributed by atoms with Crippen LogP contribution in [0.2, 0.25) is 0 Å². The average molecular weight is 276 g/mol. The summed E-state index contributed by atoms with van der Waals surface area (Å²) in [4.78, 5) is 44.2. The van der Waals surface area contributed by atoms with E-state index in [2.05, 4.69) is 5.32 Å². The Morgan fingerprint density at radius 1 is 1.21 bits per heavy atom. The third kappa shape index (κ3) is 3.29. The van der Waals surface area contributed by atoms with Gasteiger partial charge >= 0.3 is 0 Å².